The Labute approximate surface area is 221 Å². The molecule has 1 amide bonds. The summed E-state index contributed by atoms with van der Waals surface area (Å²) < 4.78 is 29.0. The molecule has 196 valence electrons. The maximum absolute atomic E-state index is 13.6. The molecule has 8 heteroatoms. The number of hydrogen-bond donors (Lipinski definition) is 0. The van der Waals surface area contributed by atoms with Crippen molar-refractivity contribution in [2.45, 2.75) is 19.4 Å². The number of benzene rings is 3. The molecular formula is C30H31F2N5O. The second-order valence-electron chi connectivity index (χ2n) is 10.2. The number of piperidine rings is 1. The third-order valence-corrected chi connectivity index (χ3v) is 7.72. The Bertz CT molecular complexity index is 1410. The molecule has 6 nitrogen and oxygen atoms in total. The largest absolute Gasteiger partial charge is 0.368 e. The van der Waals surface area contributed by atoms with Crippen LogP contribution < -0.4 is 4.90 Å². The van der Waals surface area contributed by atoms with Crippen LogP contribution in [0.3, 0.4) is 0 Å². The van der Waals surface area contributed by atoms with Crippen LogP contribution in [0.25, 0.3) is 16.7 Å². The molecule has 0 spiro atoms. The topological polar surface area (TPSA) is 44.6 Å². The maximum Gasteiger partial charge on any atom is 0.227 e. The van der Waals surface area contributed by atoms with E-state index in [4.69, 9.17) is 4.98 Å². The molecule has 2 fully saturated rings. The van der Waals surface area contributed by atoms with Gasteiger partial charge in [-0.2, -0.15) is 0 Å². The average molecular weight is 516 g/mol. The summed E-state index contributed by atoms with van der Waals surface area (Å²) in [5, 5.41) is 0. The molecule has 0 radical (unpaired) electrons. The summed E-state index contributed by atoms with van der Waals surface area (Å²) in [5.41, 5.74) is 3.75. The van der Waals surface area contributed by atoms with Gasteiger partial charge in [-0.1, -0.05) is 12.1 Å². The summed E-state index contributed by atoms with van der Waals surface area (Å²) in [6.07, 6.45) is 1.85. The van der Waals surface area contributed by atoms with Gasteiger partial charge in [-0.05, 0) is 80.1 Å². The average Bonchev–Trinajstić information content (AvgIpc) is 3.31. The molecule has 0 bridgehead atoms. The van der Waals surface area contributed by atoms with Gasteiger partial charge in [0.2, 0.25) is 5.91 Å². The van der Waals surface area contributed by atoms with Crippen molar-refractivity contribution >= 4 is 22.6 Å². The number of rotatable bonds is 5. The number of aromatic nitrogens is 2. The van der Waals surface area contributed by atoms with E-state index in [-0.39, 0.29) is 23.5 Å². The van der Waals surface area contributed by atoms with Gasteiger partial charge in [-0.3, -0.25) is 14.3 Å². The van der Waals surface area contributed by atoms with E-state index in [1.807, 2.05) is 29.2 Å². The number of imidazole rings is 1. The highest BCUT2D eigenvalue weighted by molar-refractivity contribution is 5.80. The Morgan fingerprint density at radius 2 is 1.47 bits per heavy atom. The molecule has 0 aliphatic carbocycles. The van der Waals surface area contributed by atoms with Crippen molar-refractivity contribution < 1.29 is 13.6 Å². The van der Waals surface area contributed by atoms with Crippen LogP contribution in [0.4, 0.5) is 14.5 Å². The van der Waals surface area contributed by atoms with Crippen molar-refractivity contribution in [2.75, 3.05) is 44.2 Å². The van der Waals surface area contributed by atoms with Crippen LogP contribution in [0.15, 0.2) is 72.8 Å². The van der Waals surface area contributed by atoms with E-state index in [1.54, 1.807) is 24.3 Å². The quantitative estimate of drug-likeness (QED) is 0.381. The molecule has 6 rings (SSSR count). The van der Waals surface area contributed by atoms with Crippen molar-refractivity contribution in [3.05, 3.63) is 90.3 Å². The maximum atomic E-state index is 13.6. The Morgan fingerprint density at radius 1 is 0.816 bits per heavy atom. The van der Waals surface area contributed by atoms with Crippen LogP contribution >= 0.6 is 0 Å². The molecule has 1 atom stereocenters. The number of para-hydroxylation sites is 2. The van der Waals surface area contributed by atoms with Crippen molar-refractivity contribution in [3.63, 3.8) is 0 Å². The summed E-state index contributed by atoms with van der Waals surface area (Å²) in [4.78, 5) is 24.9. The summed E-state index contributed by atoms with van der Waals surface area (Å²) in [6.45, 7) is 5.07. The molecule has 2 saturated heterocycles. The van der Waals surface area contributed by atoms with Gasteiger partial charge < -0.3 is 9.80 Å². The van der Waals surface area contributed by atoms with Crippen LogP contribution in [-0.2, 0) is 11.3 Å². The summed E-state index contributed by atoms with van der Waals surface area (Å²) in [7, 11) is 0. The Hall–Kier alpha value is -3.78. The smallest absolute Gasteiger partial charge is 0.227 e. The standard InChI is InChI=1S/C30H31F2N5O/c31-23-7-11-25(12-8-23)35-16-18-36(19-17-35)30(38)22-4-3-15-34(20-22)21-29-33-27-5-1-2-6-28(27)37(29)26-13-9-24(32)10-14-26/h1-2,5-14,22H,3-4,15-21H2/t22-/m1/s1. The minimum atomic E-state index is -0.268. The van der Waals surface area contributed by atoms with Crippen molar-refractivity contribution in [1.82, 2.24) is 19.4 Å². The molecule has 38 heavy (non-hydrogen) atoms. The van der Waals surface area contributed by atoms with E-state index in [1.165, 1.54) is 24.3 Å². The number of carbonyl (C=O) groups excluding carboxylic acids is 1. The third-order valence-electron chi connectivity index (χ3n) is 7.72. The molecule has 3 aromatic carbocycles. The first-order valence-electron chi connectivity index (χ1n) is 13.3. The van der Waals surface area contributed by atoms with Crippen LogP contribution in [0, 0.1) is 17.6 Å². The number of hydrogen-bond acceptors (Lipinski definition) is 4. The molecule has 0 N–H and O–H groups in total. The zero-order valence-corrected chi connectivity index (χ0v) is 21.3. The lowest BCUT2D eigenvalue weighted by atomic mass is 9.96. The summed E-state index contributed by atoms with van der Waals surface area (Å²) in [5.74, 6) is 0.567. The fraction of sp³-hybridized carbons (Fsp3) is 0.333. The first kappa shape index (κ1) is 24.6. The molecule has 0 unspecified atom stereocenters. The zero-order chi connectivity index (χ0) is 26.1. The summed E-state index contributed by atoms with van der Waals surface area (Å²) in [6, 6.07) is 21.0. The lowest BCUT2D eigenvalue weighted by Crippen LogP contribution is -2.52. The second-order valence-corrected chi connectivity index (χ2v) is 10.2. The van der Waals surface area contributed by atoms with Gasteiger partial charge in [0.05, 0.1) is 23.5 Å². The minimum absolute atomic E-state index is 0.0372. The normalized spacial score (nSPS) is 18.7. The van der Waals surface area contributed by atoms with Gasteiger partial charge in [0.15, 0.2) is 0 Å². The monoisotopic (exact) mass is 515 g/mol. The van der Waals surface area contributed by atoms with Crippen molar-refractivity contribution in [1.29, 1.82) is 0 Å². The van der Waals surface area contributed by atoms with E-state index in [0.717, 1.165) is 60.7 Å². The number of likely N-dealkylation sites (tertiary alicyclic amines) is 1. The Morgan fingerprint density at radius 3 is 2.18 bits per heavy atom. The lowest BCUT2D eigenvalue weighted by Gasteiger charge is -2.39. The van der Waals surface area contributed by atoms with Gasteiger partial charge >= 0.3 is 0 Å². The van der Waals surface area contributed by atoms with Gasteiger partial charge in [0, 0.05) is 44.1 Å². The van der Waals surface area contributed by atoms with Crippen LogP contribution in [0.1, 0.15) is 18.7 Å². The molecule has 1 aromatic heterocycles. The predicted molar refractivity (Wildman–Crippen MR) is 144 cm³/mol. The fourth-order valence-electron chi connectivity index (χ4n) is 5.76. The van der Waals surface area contributed by atoms with Gasteiger partial charge in [0.1, 0.15) is 17.5 Å². The Balaban J connectivity index is 1.14. The van der Waals surface area contributed by atoms with Gasteiger partial charge in [0.25, 0.3) is 0 Å². The minimum Gasteiger partial charge on any atom is -0.368 e. The zero-order valence-electron chi connectivity index (χ0n) is 21.3. The fourth-order valence-corrected chi connectivity index (χ4v) is 5.76. The molecule has 0 saturated carbocycles. The highest BCUT2D eigenvalue weighted by Gasteiger charge is 2.31. The number of piperazine rings is 1. The van der Waals surface area contributed by atoms with Gasteiger partial charge in [-0.15, -0.1) is 0 Å². The number of fused-ring (bicyclic) bond motifs is 1. The van der Waals surface area contributed by atoms with Crippen LogP contribution in [0.5, 0.6) is 0 Å². The number of halogens is 2. The number of carbonyl (C=O) groups is 1. The predicted octanol–water partition coefficient (Wildman–Crippen LogP) is 4.86. The van der Waals surface area contributed by atoms with Crippen LogP contribution in [0.2, 0.25) is 0 Å². The lowest BCUT2D eigenvalue weighted by molar-refractivity contribution is -0.137. The third kappa shape index (κ3) is 5.00. The first-order chi connectivity index (χ1) is 18.5. The number of anilines is 1. The van der Waals surface area contributed by atoms with Crippen LogP contribution in [-0.4, -0.2) is 64.5 Å². The second kappa shape index (κ2) is 10.5. The van der Waals surface area contributed by atoms with E-state index < -0.39 is 0 Å². The highest BCUT2D eigenvalue weighted by Crippen LogP contribution is 2.26. The molecular weight excluding hydrogens is 484 g/mol. The molecule has 2 aliphatic heterocycles. The van der Waals surface area contributed by atoms with E-state index in [9.17, 15) is 13.6 Å². The Kier molecular flexibility index (Phi) is 6.81. The van der Waals surface area contributed by atoms with Crippen molar-refractivity contribution in [3.8, 4) is 5.69 Å². The van der Waals surface area contributed by atoms with Crippen molar-refractivity contribution in [2.24, 2.45) is 5.92 Å². The van der Waals surface area contributed by atoms with Gasteiger partial charge in [-0.25, -0.2) is 13.8 Å². The highest BCUT2D eigenvalue weighted by atomic mass is 19.1. The number of nitrogens with zero attached hydrogens (tertiary/aromatic N) is 5. The molecule has 3 heterocycles. The van der Waals surface area contributed by atoms with E-state index in [2.05, 4.69) is 14.4 Å². The van der Waals surface area contributed by atoms with E-state index >= 15 is 0 Å². The SMILES string of the molecule is O=C([C@@H]1CCCN(Cc2nc3ccccc3n2-c2ccc(F)cc2)C1)N1CCN(c2ccc(F)cc2)CC1. The molecule has 4 aromatic rings. The summed E-state index contributed by atoms with van der Waals surface area (Å²) >= 11 is 0. The first-order valence-corrected chi connectivity index (χ1v) is 13.3. The van der Waals surface area contributed by atoms with E-state index in [0.29, 0.717) is 26.2 Å². The number of amides is 1. The molecule has 2 aliphatic rings.